The first kappa shape index (κ1) is 17.6. The molecular weight excluding hydrogens is 300 g/mol. The van der Waals surface area contributed by atoms with Crippen molar-refractivity contribution in [3.05, 3.63) is 0 Å². The number of amides is 2. The van der Waals surface area contributed by atoms with E-state index in [0.717, 1.165) is 12.3 Å². The summed E-state index contributed by atoms with van der Waals surface area (Å²) in [6.07, 6.45) is 12.5. The van der Waals surface area contributed by atoms with Crippen LogP contribution in [0.15, 0.2) is 0 Å². The number of carbonyl (C=O) groups is 2. The van der Waals surface area contributed by atoms with Gasteiger partial charge in [-0.1, -0.05) is 51.4 Å². The third-order valence-electron chi connectivity index (χ3n) is 5.11. The molecule has 0 radical (unpaired) electrons. The van der Waals surface area contributed by atoms with Crippen molar-refractivity contribution in [3.8, 4) is 0 Å². The monoisotopic (exact) mass is 328 g/mol. The van der Waals surface area contributed by atoms with Crippen LogP contribution in [0.2, 0.25) is 0 Å². The van der Waals surface area contributed by atoms with Crippen LogP contribution in [0.1, 0.15) is 64.2 Å². The summed E-state index contributed by atoms with van der Waals surface area (Å²) in [7, 11) is 0. The molecule has 1 saturated heterocycles. The average molecular weight is 329 g/mol. The first-order valence-electron chi connectivity index (χ1n) is 8.89. The molecule has 126 valence electrons. The molecule has 1 aliphatic carbocycles. The molecule has 5 heteroatoms. The van der Waals surface area contributed by atoms with Gasteiger partial charge in [0.1, 0.15) is 0 Å². The highest BCUT2D eigenvalue weighted by Crippen LogP contribution is 2.28. The number of carbonyl (C=O) groups excluding carboxylic acids is 2. The van der Waals surface area contributed by atoms with Gasteiger partial charge in [-0.2, -0.15) is 0 Å². The first-order valence-corrected chi connectivity index (χ1v) is 9.27. The van der Waals surface area contributed by atoms with Crippen LogP contribution in [0.3, 0.4) is 0 Å². The van der Waals surface area contributed by atoms with E-state index in [1.54, 1.807) is 4.90 Å². The average Bonchev–Trinajstić information content (AvgIpc) is 2.55. The molecule has 0 spiro atoms. The van der Waals surface area contributed by atoms with Gasteiger partial charge in [0.05, 0.1) is 0 Å². The second-order valence-corrected chi connectivity index (χ2v) is 7.05. The lowest BCUT2D eigenvalue weighted by molar-refractivity contribution is -0.132. The van der Waals surface area contributed by atoms with E-state index in [-0.39, 0.29) is 5.91 Å². The van der Waals surface area contributed by atoms with Crippen molar-refractivity contribution >= 4 is 22.9 Å². The summed E-state index contributed by atoms with van der Waals surface area (Å²) < 4.78 is 0. The number of hydrogen-bond acceptors (Lipinski definition) is 2. The lowest BCUT2D eigenvalue weighted by Crippen LogP contribution is -2.49. The minimum atomic E-state index is -0.408. The summed E-state index contributed by atoms with van der Waals surface area (Å²) in [5, 5.41) is -0.408. The van der Waals surface area contributed by atoms with E-state index >= 15 is 0 Å². The Morgan fingerprint density at radius 1 is 0.864 bits per heavy atom. The maximum absolute atomic E-state index is 12.1. The predicted octanol–water partition coefficient (Wildman–Crippen LogP) is 4.02. The van der Waals surface area contributed by atoms with E-state index in [0.29, 0.717) is 32.6 Å². The van der Waals surface area contributed by atoms with Crippen molar-refractivity contribution in [2.24, 2.45) is 5.92 Å². The highest BCUT2D eigenvalue weighted by atomic mass is 35.5. The number of hydrogen-bond donors (Lipinski definition) is 0. The highest BCUT2D eigenvalue weighted by molar-refractivity contribution is 6.62. The van der Waals surface area contributed by atoms with Crippen molar-refractivity contribution in [1.29, 1.82) is 0 Å². The minimum absolute atomic E-state index is 0.235. The van der Waals surface area contributed by atoms with Gasteiger partial charge in [-0.15, -0.1) is 0 Å². The van der Waals surface area contributed by atoms with Crippen molar-refractivity contribution in [2.75, 3.05) is 26.2 Å². The molecule has 0 aromatic carbocycles. The van der Waals surface area contributed by atoms with Crippen LogP contribution in [0.5, 0.6) is 0 Å². The molecular formula is C17H29ClN2O2. The summed E-state index contributed by atoms with van der Waals surface area (Å²) in [6.45, 7) is 2.38. The molecule has 0 unspecified atom stereocenters. The summed E-state index contributed by atoms with van der Waals surface area (Å²) in [6, 6.07) is 0. The van der Waals surface area contributed by atoms with E-state index in [1.165, 1.54) is 51.4 Å². The van der Waals surface area contributed by atoms with Gasteiger partial charge in [0.2, 0.25) is 5.91 Å². The predicted molar refractivity (Wildman–Crippen MR) is 89.1 cm³/mol. The molecule has 0 aromatic heterocycles. The van der Waals surface area contributed by atoms with Crippen LogP contribution in [0.4, 0.5) is 4.79 Å². The molecule has 1 saturated carbocycles. The van der Waals surface area contributed by atoms with E-state index < -0.39 is 5.37 Å². The molecule has 22 heavy (non-hydrogen) atoms. The van der Waals surface area contributed by atoms with Crippen molar-refractivity contribution in [3.63, 3.8) is 0 Å². The summed E-state index contributed by atoms with van der Waals surface area (Å²) >= 11 is 5.45. The van der Waals surface area contributed by atoms with Crippen molar-refractivity contribution in [1.82, 2.24) is 9.80 Å². The molecule has 1 heterocycles. The Labute approximate surface area is 139 Å². The molecule has 1 aliphatic heterocycles. The molecule has 0 atom stereocenters. The zero-order valence-electron chi connectivity index (χ0n) is 13.6. The molecule has 2 aliphatic rings. The standard InChI is InChI=1S/C17H29ClN2O2/c18-17(22)20-13-11-19(12-14-20)16(21)10-6-2-5-9-15-7-3-1-4-8-15/h15H,1-14H2. The van der Waals surface area contributed by atoms with E-state index in [1.807, 2.05) is 4.90 Å². The molecule has 0 aromatic rings. The molecule has 4 nitrogen and oxygen atoms in total. The van der Waals surface area contributed by atoms with E-state index in [4.69, 9.17) is 11.6 Å². The number of unbranched alkanes of at least 4 members (excludes halogenated alkanes) is 2. The SMILES string of the molecule is O=C(Cl)N1CCN(C(=O)CCCCCC2CCCCC2)CC1. The Kier molecular flexibility index (Phi) is 7.50. The Morgan fingerprint density at radius 3 is 2.14 bits per heavy atom. The van der Waals surface area contributed by atoms with Crippen LogP contribution in [0, 0.1) is 5.92 Å². The second-order valence-electron chi connectivity index (χ2n) is 6.72. The van der Waals surface area contributed by atoms with Crippen molar-refractivity contribution < 1.29 is 9.59 Å². The summed E-state index contributed by atoms with van der Waals surface area (Å²) in [4.78, 5) is 26.6. The Morgan fingerprint density at radius 2 is 1.50 bits per heavy atom. The molecule has 0 bridgehead atoms. The van der Waals surface area contributed by atoms with Crippen LogP contribution in [0.25, 0.3) is 0 Å². The largest absolute Gasteiger partial charge is 0.339 e. The Balaban J connectivity index is 1.51. The van der Waals surface area contributed by atoms with Crippen LogP contribution in [-0.2, 0) is 4.79 Å². The third-order valence-corrected chi connectivity index (χ3v) is 5.35. The number of piperazine rings is 1. The fourth-order valence-corrected chi connectivity index (χ4v) is 3.82. The number of rotatable bonds is 6. The molecule has 2 fully saturated rings. The van der Waals surface area contributed by atoms with E-state index in [2.05, 4.69) is 0 Å². The molecule has 2 rings (SSSR count). The lowest BCUT2D eigenvalue weighted by Gasteiger charge is -2.33. The van der Waals surface area contributed by atoms with Gasteiger partial charge in [-0.05, 0) is 23.9 Å². The first-order chi connectivity index (χ1) is 10.7. The number of nitrogens with zero attached hydrogens (tertiary/aromatic N) is 2. The summed E-state index contributed by atoms with van der Waals surface area (Å²) in [5.74, 6) is 1.19. The molecule has 0 N–H and O–H groups in total. The molecule has 2 amide bonds. The van der Waals surface area contributed by atoms with Crippen LogP contribution < -0.4 is 0 Å². The van der Waals surface area contributed by atoms with Gasteiger partial charge in [0, 0.05) is 32.6 Å². The topological polar surface area (TPSA) is 40.6 Å². The fourth-order valence-electron chi connectivity index (χ4n) is 3.65. The Hall–Kier alpha value is -0.770. The van der Waals surface area contributed by atoms with Gasteiger partial charge in [-0.25, -0.2) is 0 Å². The van der Waals surface area contributed by atoms with Crippen molar-refractivity contribution in [2.45, 2.75) is 64.2 Å². The normalized spacial score (nSPS) is 20.2. The summed E-state index contributed by atoms with van der Waals surface area (Å²) in [5.41, 5.74) is 0. The van der Waals surface area contributed by atoms with Gasteiger partial charge < -0.3 is 9.80 Å². The smallest absolute Gasteiger partial charge is 0.316 e. The van der Waals surface area contributed by atoms with E-state index in [9.17, 15) is 9.59 Å². The van der Waals surface area contributed by atoms with Gasteiger partial charge in [-0.3, -0.25) is 9.59 Å². The third kappa shape index (κ3) is 5.79. The minimum Gasteiger partial charge on any atom is -0.339 e. The lowest BCUT2D eigenvalue weighted by atomic mass is 9.85. The number of halogens is 1. The van der Waals surface area contributed by atoms with Crippen LogP contribution >= 0.6 is 11.6 Å². The Bertz CT molecular complexity index is 362. The second kappa shape index (κ2) is 9.39. The van der Waals surface area contributed by atoms with Gasteiger partial charge in [0.25, 0.3) is 0 Å². The van der Waals surface area contributed by atoms with Gasteiger partial charge >= 0.3 is 5.37 Å². The van der Waals surface area contributed by atoms with Gasteiger partial charge in [0.15, 0.2) is 0 Å². The maximum atomic E-state index is 12.1. The van der Waals surface area contributed by atoms with Crippen LogP contribution in [-0.4, -0.2) is 47.3 Å². The zero-order valence-corrected chi connectivity index (χ0v) is 14.3. The zero-order chi connectivity index (χ0) is 15.8. The quantitative estimate of drug-likeness (QED) is 0.420. The maximum Gasteiger partial charge on any atom is 0.316 e. The fraction of sp³-hybridized carbons (Fsp3) is 0.882. The highest BCUT2D eigenvalue weighted by Gasteiger charge is 2.22.